The van der Waals surface area contributed by atoms with Crippen molar-refractivity contribution in [1.29, 1.82) is 0 Å². The fourth-order valence-electron chi connectivity index (χ4n) is 1.97. The van der Waals surface area contributed by atoms with Crippen molar-refractivity contribution < 1.29 is 0 Å². The highest BCUT2D eigenvalue weighted by Gasteiger charge is 2.10. The van der Waals surface area contributed by atoms with E-state index in [0.717, 1.165) is 22.7 Å². The Labute approximate surface area is 122 Å². The summed E-state index contributed by atoms with van der Waals surface area (Å²) in [6.07, 6.45) is 3.90. The van der Waals surface area contributed by atoms with Crippen molar-refractivity contribution in [3.8, 4) is 0 Å². The molecule has 1 aromatic heterocycles. The lowest BCUT2D eigenvalue weighted by molar-refractivity contribution is 0.784. The maximum atomic E-state index is 4.51. The van der Waals surface area contributed by atoms with Gasteiger partial charge in [0.05, 0.1) is 11.7 Å². The van der Waals surface area contributed by atoms with Gasteiger partial charge in [-0.2, -0.15) is 0 Å². The average molecular weight is 320 g/mol. The number of hydrogen-bond acceptors (Lipinski definition) is 2. The molecule has 100 valence electrons. The largest absolute Gasteiger partial charge is 0.349 e. The lowest BCUT2D eigenvalue weighted by Crippen LogP contribution is -2.11. The van der Waals surface area contributed by atoms with Crippen LogP contribution in [0.5, 0.6) is 0 Å². The Hall–Kier alpha value is -1.55. The second-order valence-electron chi connectivity index (χ2n) is 4.56. The number of aromatic nitrogens is 2. The molecule has 3 nitrogen and oxygen atoms in total. The molecule has 2 aromatic rings. The molecule has 0 spiro atoms. The van der Waals surface area contributed by atoms with Crippen LogP contribution in [0.4, 0.5) is 5.95 Å². The first-order chi connectivity index (χ1) is 9.10. The molecule has 0 fully saturated rings. The van der Waals surface area contributed by atoms with E-state index in [4.69, 9.17) is 0 Å². The summed E-state index contributed by atoms with van der Waals surface area (Å²) in [5.74, 6) is 0.882. The Balaban J connectivity index is 2.16. The molecule has 4 heteroatoms. The van der Waals surface area contributed by atoms with E-state index in [1.54, 1.807) is 0 Å². The van der Waals surface area contributed by atoms with Gasteiger partial charge in [-0.3, -0.25) is 0 Å². The predicted octanol–water partition coefficient (Wildman–Crippen LogP) is 4.31. The summed E-state index contributed by atoms with van der Waals surface area (Å²) in [5, 5.41) is 3.44. The summed E-state index contributed by atoms with van der Waals surface area (Å²) >= 11 is 3.45. The van der Waals surface area contributed by atoms with Crippen LogP contribution in [-0.4, -0.2) is 9.55 Å². The van der Waals surface area contributed by atoms with Gasteiger partial charge >= 0.3 is 0 Å². The average Bonchev–Trinajstić information content (AvgIpc) is 2.71. The van der Waals surface area contributed by atoms with Crippen LogP contribution in [-0.2, 0) is 6.54 Å². The highest BCUT2D eigenvalue weighted by molar-refractivity contribution is 9.10. The molecule has 1 unspecified atom stereocenters. The standard InChI is InChI=1S/C15H18BrN3/c1-4-9-19-10-11(2)17-15(19)18-12(3)13-5-7-14(16)8-6-13/h4-8,10,12H,1,9H2,2-3H3,(H,17,18). The molecular formula is C15H18BrN3. The Bertz CT molecular complexity index is 557. The SMILES string of the molecule is C=CCn1cc(C)nc1NC(C)c1ccc(Br)cc1. The smallest absolute Gasteiger partial charge is 0.203 e. The number of nitrogens with zero attached hydrogens (tertiary/aromatic N) is 2. The van der Waals surface area contributed by atoms with E-state index in [1.165, 1.54) is 5.56 Å². The molecule has 0 radical (unpaired) electrons. The number of halogens is 1. The number of anilines is 1. The van der Waals surface area contributed by atoms with Crippen LogP contribution in [0, 0.1) is 6.92 Å². The van der Waals surface area contributed by atoms with Crippen LogP contribution < -0.4 is 5.32 Å². The van der Waals surface area contributed by atoms with E-state index in [2.05, 4.69) is 68.6 Å². The molecule has 2 rings (SSSR count). The second-order valence-corrected chi connectivity index (χ2v) is 5.48. The van der Waals surface area contributed by atoms with Gasteiger partial charge in [-0.1, -0.05) is 34.1 Å². The number of imidazole rings is 1. The third kappa shape index (κ3) is 3.47. The van der Waals surface area contributed by atoms with E-state index >= 15 is 0 Å². The third-order valence-corrected chi connectivity index (χ3v) is 3.47. The normalized spacial score (nSPS) is 12.2. The number of hydrogen-bond donors (Lipinski definition) is 1. The highest BCUT2D eigenvalue weighted by atomic mass is 79.9. The van der Waals surface area contributed by atoms with E-state index in [0.29, 0.717) is 0 Å². The van der Waals surface area contributed by atoms with Gasteiger partial charge in [0.1, 0.15) is 0 Å². The minimum absolute atomic E-state index is 0.207. The molecule has 0 aliphatic rings. The first-order valence-corrected chi connectivity index (χ1v) is 7.06. The zero-order valence-corrected chi connectivity index (χ0v) is 12.8. The summed E-state index contributed by atoms with van der Waals surface area (Å²) in [5.41, 5.74) is 2.24. The van der Waals surface area contributed by atoms with Crippen LogP contribution in [0.3, 0.4) is 0 Å². The van der Waals surface area contributed by atoms with Crippen LogP contribution >= 0.6 is 15.9 Å². The van der Waals surface area contributed by atoms with Crippen LogP contribution in [0.2, 0.25) is 0 Å². The molecule has 19 heavy (non-hydrogen) atoms. The zero-order valence-electron chi connectivity index (χ0n) is 11.2. The highest BCUT2D eigenvalue weighted by Crippen LogP contribution is 2.21. The fraction of sp³-hybridized carbons (Fsp3) is 0.267. The third-order valence-electron chi connectivity index (χ3n) is 2.94. The number of rotatable bonds is 5. The van der Waals surface area contributed by atoms with Crippen LogP contribution in [0.1, 0.15) is 24.2 Å². The quantitative estimate of drug-likeness (QED) is 0.832. The van der Waals surface area contributed by atoms with Crippen molar-refractivity contribution >= 4 is 21.9 Å². The number of nitrogens with one attached hydrogen (secondary N) is 1. The zero-order chi connectivity index (χ0) is 13.8. The van der Waals surface area contributed by atoms with Gasteiger partial charge in [0.2, 0.25) is 5.95 Å². The maximum Gasteiger partial charge on any atom is 0.203 e. The van der Waals surface area contributed by atoms with E-state index in [1.807, 2.05) is 19.2 Å². The molecule has 0 saturated heterocycles. The van der Waals surface area contributed by atoms with Crippen molar-refractivity contribution in [1.82, 2.24) is 9.55 Å². The lowest BCUT2D eigenvalue weighted by atomic mass is 10.1. The van der Waals surface area contributed by atoms with Gasteiger partial charge < -0.3 is 9.88 Å². The van der Waals surface area contributed by atoms with E-state index < -0.39 is 0 Å². The number of allylic oxidation sites excluding steroid dienone is 1. The monoisotopic (exact) mass is 319 g/mol. The summed E-state index contributed by atoms with van der Waals surface area (Å²) in [6.45, 7) is 8.66. The summed E-state index contributed by atoms with van der Waals surface area (Å²) in [6, 6.07) is 8.52. The van der Waals surface area contributed by atoms with Gasteiger partial charge in [0, 0.05) is 17.2 Å². The summed E-state index contributed by atoms with van der Waals surface area (Å²) in [4.78, 5) is 4.51. The number of benzene rings is 1. The van der Waals surface area contributed by atoms with Crippen LogP contribution in [0.25, 0.3) is 0 Å². The molecule has 1 N–H and O–H groups in total. The molecular weight excluding hydrogens is 302 g/mol. The Kier molecular flexibility index (Phi) is 4.43. The van der Waals surface area contributed by atoms with Crippen molar-refractivity contribution in [2.24, 2.45) is 0 Å². The minimum Gasteiger partial charge on any atom is -0.349 e. The van der Waals surface area contributed by atoms with Gasteiger partial charge in [-0.15, -0.1) is 6.58 Å². The molecule has 0 bridgehead atoms. The number of aryl methyl sites for hydroxylation is 1. The van der Waals surface area contributed by atoms with E-state index in [9.17, 15) is 0 Å². The second kappa shape index (κ2) is 6.06. The minimum atomic E-state index is 0.207. The molecule has 0 saturated carbocycles. The van der Waals surface area contributed by atoms with E-state index in [-0.39, 0.29) is 6.04 Å². The topological polar surface area (TPSA) is 29.9 Å². The first kappa shape index (κ1) is 13.9. The summed E-state index contributed by atoms with van der Waals surface area (Å²) in [7, 11) is 0. The van der Waals surface area contributed by atoms with Gasteiger partial charge in [0.15, 0.2) is 0 Å². The van der Waals surface area contributed by atoms with Gasteiger partial charge in [-0.25, -0.2) is 4.98 Å². The molecule has 1 heterocycles. The lowest BCUT2D eigenvalue weighted by Gasteiger charge is -2.16. The van der Waals surface area contributed by atoms with Gasteiger partial charge in [-0.05, 0) is 31.5 Å². The van der Waals surface area contributed by atoms with Crippen molar-refractivity contribution in [2.45, 2.75) is 26.4 Å². The Morgan fingerprint density at radius 2 is 2.11 bits per heavy atom. The fourth-order valence-corrected chi connectivity index (χ4v) is 2.23. The first-order valence-electron chi connectivity index (χ1n) is 6.27. The molecule has 0 amide bonds. The summed E-state index contributed by atoms with van der Waals surface area (Å²) < 4.78 is 3.16. The molecule has 1 atom stereocenters. The van der Waals surface area contributed by atoms with Crippen molar-refractivity contribution in [2.75, 3.05) is 5.32 Å². The Morgan fingerprint density at radius 1 is 1.42 bits per heavy atom. The molecule has 0 aliphatic heterocycles. The van der Waals surface area contributed by atoms with Crippen molar-refractivity contribution in [3.63, 3.8) is 0 Å². The van der Waals surface area contributed by atoms with Crippen molar-refractivity contribution in [3.05, 3.63) is 58.8 Å². The predicted molar refractivity (Wildman–Crippen MR) is 83.3 cm³/mol. The van der Waals surface area contributed by atoms with Crippen LogP contribution in [0.15, 0.2) is 47.6 Å². The molecule has 1 aromatic carbocycles. The molecule has 0 aliphatic carbocycles. The Morgan fingerprint density at radius 3 is 2.74 bits per heavy atom. The van der Waals surface area contributed by atoms with Gasteiger partial charge in [0.25, 0.3) is 0 Å². The maximum absolute atomic E-state index is 4.51.